The summed E-state index contributed by atoms with van der Waals surface area (Å²) in [4.78, 5) is 46.0. The largest absolute Gasteiger partial charge is 0.480 e. The van der Waals surface area contributed by atoms with Crippen LogP contribution in [0.1, 0.15) is 142 Å². The quantitative estimate of drug-likeness (QED) is 0.0231. The van der Waals surface area contributed by atoms with Crippen molar-refractivity contribution < 1.29 is 47.5 Å². The summed E-state index contributed by atoms with van der Waals surface area (Å²) in [7, 11) is -4.76. The molecule has 0 saturated heterocycles. The smallest absolute Gasteiger partial charge is 0.472 e. The molecule has 0 aliphatic rings. The molecule has 4 N–H and O–H groups in total. The van der Waals surface area contributed by atoms with Crippen molar-refractivity contribution in [1.29, 1.82) is 0 Å². The SMILES string of the molecule is CC/C=C/C/C=C/C/C=C/C/C=C/C/C=C/CCCCCC(=O)OC[C@H](COP(=O)(O)OC[C@H](N)C(=O)O)OC(=O)CC/C=C/C/C=C/C/C=C/C/C=C/C/C=C/CCCCC. The van der Waals surface area contributed by atoms with Crippen molar-refractivity contribution in [3.8, 4) is 0 Å². The molecule has 0 spiro atoms. The van der Waals surface area contributed by atoms with E-state index in [-0.39, 0.29) is 12.8 Å². The number of esters is 2. The molecule has 3 atom stereocenters. The van der Waals surface area contributed by atoms with Gasteiger partial charge in [-0.2, -0.15) is 0 Å². The Morgan fingerprint density at radius 2 is 0.935 bits per heavy atom. The lowest BCUT2D eigenvalue weighted by atomic mass is 10.1. The summed E-state index contributed by atoms with van der Waals surface area (Å²) in [6.45, 7) is 2.53. The van der Waals surface area contributed by atoms with Gasteiger partial charge >= 0.3 is 25.7 Å². The number of nitrogens with two attached hydrogens (primary N) is 1. The van der Waals surface area contributed by atoms with E-state index in [4.69, 9.17) is 24.8 Å². The van der Waals surface area contributed by atoms with Crippen LogP contribution in [0, 0.1) is 0 Å². The number of carbonyl (C=O) groups excluding carboxylic acids is 2. The Morgan fingerprint density at radius 1 is 0.516 bits per heavy atom. The molecule has 12 heteroatoms. The Balaban J connectivity index is 4.56. The number of carboxylic acid groups (broad SMARTS) is 1. The van der Waals surface area contributed by atoms with Crippen molar-refractivity contribution >= 4 is 25.7 Å². The third-order valence-electron chi connectivity index (χ3n) is 8.71. The molecule has 11 nitrogen and oxygen atoms in total. The minimum Gasteiger partial charge on any atom is -0.480 e. The molecular formula is C50H78NO10P. The second kappa shape index (κ2) is 43.5. The molecule has 0 rings (SSSR count). The van der Waals surface area contributed by atoms with Crippen molar-refractivity contribution in [2.75, 3.05) is 19.8 Å². The topological polar surface area (TPSA) is 172 Å². The Labute approximate surface area is 373 Å². The normalized spacial score (nSPS) is 14.8. The molecule has 0 aliphatic carbocycles. The van der Waals surface area contributed by atoms with E-state index in [2.05, 4.69) is 122 Å². The van der Waals surface area contributed by atoms with Crippen LogP contribution in [0.4, 0.5) is 0 Å². The predicted molar refractivity (Wildman–Crippen MR) is 253 cm³/mol. The molecule has 0 aromatic rings. The molecule has 0 aliphatic heterocycles. The zero-order chi connectivity index (χ0) is 45.6. The number of hydrogen-bond acceptors (Lipinski definition) is 9. The molecular weight excluding hydrogens is 806 g/mol. The Kier molecular flexibility index (Phi) is 40.6. The molecule has 0 fully saturated rings. The Hall–Kier alpha value is -4.12. The van der Waals surface area contributed by atoms with Gasteiger partial charge in [-0.25, -0.2) is 4.57 Å². The first-order valence-electron chi connectivity index (χ1n) is 22.6. The minimum atomic E-state index is -4.76. The Bertz CT molecular complexity index is 1500. The second-order valence-electron chi connectivity index (χ2n) is 14.4. The number of allylic oxidation sites excluding steroid dienone is 20. The van der Waals surface area contributed by atoms with E-state index in [0.717, 1.165) is 77.0 Å². The first-order valence-corrected chi connectivity index (χ1v) is 24.1. The molecule has 1 unspecified atom stereocenters. The van der Waals surface area contributed by atoms with E-state index in [1.165, 1.54) is 19.3 Å². The fourth-order valence-electron chi connectivity index (χ4n) is 5.19. The maximum absolute atomic E-state index is 12.6. The molecule has 62 heavy (non-hydrogen) atoms. The van der Waals surface area contributed by atoms with Crippen LogP contribution in [-0.2, 0) is 37.5 Å². The van der Waals surface area contributed by atoms with Crippen LogP contribution in [0.2, 0.25) is 0 Å². The fourth-order valence-corrected chi connectivity index (χ4v) is 5.97. The number of carbonyl (C=O) groups is 3. The lowest BCUT2D eigenvalue weighted by Gasteiger charge is -2.20. The van der Waals surface area contributed by atoms with Crippen LogP contribution >= 0.6 is 7.82 Å². The van der Waals surface area contributed by atoms with Gasteiger partial charge in [0.2, 0.25) is 0 Å². The lowest BCUT2D eigenvalue weighted by molar-refractivity contribution is -0.161. The molecule has 0 amide bonds. The van der Waals surface area contributed by atoms with Gasteiger partial charge < -0.3 is 25.2 Å². The van der Waals surface area contributed by atoms with E-state index in [1.54, 1.807) is 0 Å². The van der Waals surface area contributed by atoms with E-state index in [0.29, 0.717) is 19.3 Å². The van der Waals surface area contributed by atoms with Crippen LogP contribution in [0.15, 0.2) is 122 Å². The molecule has 0 heterocycles. The van der Waals surface area contributed by atoms with Crippen LogP contribution in [0.25, 0.3) is 0 Å². The van der Waals surface area contributed by atoms with Gasteiger partial charge in [-0.15, -0.1) is 0 Å². The minimum absolute atomic E-state index is 0.0220. The van der Waals surface area contributed by atoms with Gasteiger partial charge in [-0.3, -0.25) is 23.4 Å². The van der Waals surface area contributed by atoms with Gasteiger partial charge in [0, 0.05) is 12.8 Å². The van der Waals surface area contributed by atoms with Gasteiger partial charge in [0.15, 0.2) is 6.10 Å². The summed E-state index contributed by atoms with van der Waals surface area (Å²) in [5.41, 5.74) is 5.33. The van der Waals surface area contributed by atoms with Crippen molar-refractivity contribution in [2.24, 2.45) is 5.73 Å². The van der Waals surface area contributed by atoms with Crippen molar-refractivity contribution in [3.05, 3.63) is 122 Å². The Morgan fingerprint density at radius 3 is 1.39 bits per heavy atom. The van der Waals surface area contributed by atoms with Gasteiger partial charge in [0.25, 0.3) is 0 Å². The highest BCUT2D eigenvalue weighted by Gasteiger charge is 2.28. The van der Waals surface area contributed by atoms with Gasteiger partial charge in [-0.1, -0.05) is 155 Å². The molecule has 0 radical (unpaired) electrons. The highest BCUT2D eigenvalue weighted by Crippen LogP contribution is 2.43. The average molecular weight is 884 g/mol. The van der Waals surface area contributed by atoms with Gasteiger partial charge in [0.05, 0.1) is 13.2 Å². The fraction of sp³-hybridized carbons (Fsp3) is 0.540. The summed E-state index contributed by atoms with van der Waals surface area (Å²) in [5, 5.41) is 8.90. The maximum atomic E-state index is 12.6. The summed E-state index contributed by atoms with van der Waals surface area (Å²) >= 11 is 0. The number of rotatable bonds is 40. The number of phosphoric ester groups is 1. The van der Waals surface area contributed by atoms with Crippen LogP contribution in [-0.4, -0.2) is 59.9 Å². The van der Waals surface area contributed by atoms with Crippen molar-refractivity contribution in [3.63, 3.8) is 0 Å². The number of carboxylic acids is 1. The molecule has 0 bridgehead atoms. The van der Waals surface area contributed by atoms with E-state index in [1.807, 2.05) is 18.2 Å². The molecule has 348 valence electrons. The molecule has 0 aromatic carbocycles. The lowest BCUT2D eigenvalue weighted by Crippen LogP contribution is -2.34. The van der Waals surface area contributed by atoms with Crippen molar-refractivity contribution in [2.45, 2.75) is 154 Å². The second-order valence-corrected chi connectivity index (χ2v) is 15.9. The number of hydrogen-bond donors (Lipinski definition) is 3. The number of aliphatic carboxylic acids is 1. The zero-order valence-corrected chi connectivity index (χ0v) is 38.5. The van der Waals surface area contributed by atoms with Gasteiger partial charge in [-0.05, 0) is 96.3 Å². The zero-order valence-electron chi connectivity index (χ0n) is 37.7. The van der Waals surface area contributed by atoms with Crippen LogP contribution in [0.3, 0.4) is 0 Å². The van der Waals surface area contributed by atoms with Gasteiger partial charge in [0.1, 0.15) is 12.6 Å². The highest BCUT2D eigenvalue weighted by molar-refractivity contribution is 7.47. The van der Waals surface area contributed by atoms with Crippen LogP contribution < -0.4 is 5.73 Å². The monoisotopic (exact) mass is 884 g/mol. The van der Waals surface area contributed by atoms with Crippen LogP contribution in [0.5, 0.6) is 0 Å². The molecule has 0 aromatic heterocycles. The third-order valence-corrected chi connectivity index (χ3v) is 9.66. The number of ether oxygens (including phenoxy) is 2. The van der Waals surface area contributed by atoms with Crippen molar-refractivity contribution in [1.82, 2.24) is 0 Å². The molecule has 0 saturated carbocycles. The first kappa shape index (κ1) is 57.9. The maximum Gasteiger partial charge on any atom is 0.472 e. The first-order chi connectivity index (χ1) is 30.1. The van der Waals surface area contributed by atoms with E-state index >= 15 is 0 Å². The summed E-state index contributed by atoms with van der Waals surface area (Å²) in [6.07, 6.45) is 58.5. The third kappa shape index (κ3) is 42.6. The summed E-state index contributed by atoms with van der Waals surface area (Å²) in [5.74, 6) is -2.55. The number of phosphoric acid groups is 1. The predicted octanol–water partition coefficient (Wildman–Crippen LogP) is 12.4. The summed E-state index contributed by atoms with van der Waals surface area (Å²) in [6, 6.07) is -1.55. The average Bonchev–Trinajstić information content (AvgIpc) is 3.25. The summed E-state index contributed by atoms with van der Waals surface area (Å²) < 4.78 is 32.6. The van der Waals surface area contributed by atoms with E-state index in [9.17, 15) is 23.8 Å². The standard InChI is InChI=1S/C50H78NO10P/c1-3-5-7-9-11-13-15-17-19-21-23-25-27-29-31-33-35-37-39-41-48(52)58-43-46(44-59-62(56,57)60-45-47(51)50(54)55)61-49(53)42-40-38-36-34-32-30-28-26-24-22-20-18-16-14-12-10-8-6-4-2/h5,7,11-14,17-20,23-26,29-32,36,38,46-47H,3-4,6,8-10,15-16,21-22,27-28,33-35,37,39-45,51H2,1-2H3,(H,54,55)(H,56,57)/b7-5+,13-11+,14-12+,19-17+,20-18+,25-23+,26-24+,31-29+,32-30+,38-36+/t46-,47+/m1/s1. The van der Waals surface area contributed by atoms with E-state index < -0.39 is 57.7 Å². The number of unbranched alkanes of at least 4 members (excludes halogenated alkanes) is 6. The highest BCUT2D eigenvalue weighted by atomic mass is 31.2.